The van der Waals surface area contributed by atoms with Gasteiger partial charge in [-0.3, -0.25) is 10.1 Å². The van der Waals surface area contributed by atoms with Gasteiger partial charge in [0.05, 0.1) is 23.8 Å². The standard InChI is InChI=1S/C16H19N3O6S/c1-12-10-16(25-18-12)17-15(20)11-24-13-2-4-14(5-3-13)26(21,22)19-6-8-23-9-7-19/h2-5,10H,6-9,11H2,1H3,(H,17,20). The first-order valence-corrected chi connectivity index (χ1v) is 9.43. The molecule has 1 aromatic heterocycles. The normalized spacial score (nSPS) is 15.6. The van der Waals surface area contributed by atoms with Crippen molar-refractivity contribution < 1.29 is 27.2 Å². The lowest BCUT2D eigenvalue weighted by atomic mass is 10.3. The topological polar surface area (TPSA) is 111 Å². The van der Waals surface area contributed by atoms with Crippen molar-refractivity contribution in [3.8, 4) is 5.75 Å². The first-order chi connectivity index (χ1) is 12.4. The number of ether oxygens (including phenoxy) is 2. The number of amides is 1. The van der Waals surface area contributed by atoms with Crippen LogP contribution in [0.25, 0.3) is 0 Å². The number of hydrogen-bond donors (Lipinski definition) is 1. The molecule has 1 aromatic carbocycles. The van der Waals surface area contributed by atoms with Crippen molar-refractivity contribution in [2.24, 2.45) is 0 Å². The maximum Gasteiger partial charge on any atom is 0.264 e. The summed E-state index contributed by atoms with van der Waals surface area (Å²) in [5.74, 6) is 0.212. The van der Waals surface area contributed by atoms with Gasteiger partial charge in [-0.1, -0.05) is 5.16 Å². The summed E-state index contributed by atoms with van der Waals surface area (Å²) in [6.07, 6.45) is 0. The van der Waals surface area contributed by atoms with Crippen molar-refractivity contribution in [3.05, 3.63) is 36.0 Å². The molecule has 0 saturated carbocycles. The summed E-state index contributed by atoms with van der Waals surface area (Å²) in [5.41, 5.74) is 0.651. The zero-order valence-corrected chi connectivity index (χ0v) is 15.0. The molecule has 0 unspecified atom stereocenters. The molecule has 0 spiro atoms. The van der Waals surface area contributed by atoms with Gasteiger partial charge in [-0.15, -0.1) is 0 Å². The van der Waals surface area contributed by atoms with E-state index in [2.05, 4.69) is 10.5 Å². The average Bonchev–Trinajstić information content (AvgIpc) is 3.06. The van der Waals surface area contributed by atoms with Crippen LogP contribution in [0.5, 0.6) is 5.75 Å². The fourth-order valence-electron chi connectivity index (χ4n) is 2.39. The Hall–Kier alpha value is -2.43. The fraction of sp³-hybridized carbons (Fsp3) is 0.375. The lowest BCUT2D eigenvalue weighted by Crippen LogP contribution is -2.40. The van der Waals surface area contributed by atoms with Crippen LogP contribution in [-0.2, 0) is 19.6 Å². The highest BCUT2D eigenvalue weighted by molar-refractivity contribution is 7.89. The average molecular weight is 381 g/mol. The van der Waals surface area contributed by atoms with E-state index < -0.39 is 15.9 Å². The summed E-state index contributed by atoms with van der Waals surface area (Å²) in [7, 11) is -3.55. The number of sulfonamides is 1. The van der Waals surface area contributed by atoms with Gasteiger partial charge in [0.15, 0.2) is 6.61 Å². The van der Waals surface area contributed by atoms with Crippen LogP contribution < -0.4 is 10.1 Å². The van der Waals surface area contributed by atoms with Gasteiger partial charge in [-0.25, -0.2) is 8.42 Å². The van der Waals surface area contributed by atoms with Gasteiger partial charge in [0.1, 0.15) is 5.75 Å². The molecule has 10 heteroatoms. The highest BCUT2D eigenvalue weighted by Gasteiger charge is 2.26. The molecule has 0 atom stereocenters. The summed E-state index contributed by atoms with van der Waals surface area (Å²) < 4.78 is 41.8. The van der Waals surface area contributed by atoms with Crippen LogP contribution in [0, 0.1) is 6.92 Å². The van der Waals surface area contributed by atoms with Crippen molar-refractivity contribution >= 4 is 21.8 Å². The van der Waals surface area contributed by atoms with E-state index in [1.807, 2.05) is 0 Å². The Morgan fingerprint density at radius 1 is 1.27 bits per heavy atom. The molecule has 1 fully saturated rings. The number of carbonyl (C=O) groups excluding carboxylic acids is 1. The second-order valence-electron chi connectivity index (χ2n) is 5.66. The van der Waals surface area contributed by atoms with Crippen LogP contribution in [0.15, 0.2) is 39.8 Å². The maximum atomic E-state index is 12.5. The fourth-order valence-corrected chi connectivity index (χ4v) is 3.80. The molecular weight excluding hydrogens is 362 g/mol. The molecule has 1 amide bonds. The van der Waals surface area contributed by atoms with Gasteiger partial charge in [0.2, 0.25) is 15.9 Å². The monoisotopic (exact) mass is 381 g/mol. The molecule has 26 heavy (non-hydrogen) atoms. The van der Waals surface area contributed by atoms with Crippen molar-refractivity contribution in [1.82, 2.24) is 9.46 Å². The number of carbonyl (C=O) groups is 1. The molecule has 2 heterocycles. The molecule has 1 aliphatic rings. The third-order valence-corrected chi connectivity index (χ3v) is 5.60. The number of nitrogens with zero attached hydrogens (tertiary/aromatic N) is 2. The highest BCUT2D eigenvalue weighted by atomic mass is 32.2. The lowest BCUT2D eigenvalue weighted by molar-refractivity contribution is -0.118. The number of aryl methyl sites for hydroxylation is 1. The van der Waals surface area contributed by atoms with Gasteiger partial charge in [0, 0.05) is 19.2 Å². The summed E-state index contributed by atoms with van der Waals surface area (Å²) in [6, 6.07) is 7.53. The molecule has 0 radical (unpaired) electrons. The van der Waals surface area contributed by atoms with Gasteiger partial charge < -0.3 is 14.0 Å². The van der Waals surface area contributed by atoms with E-state index in [9.17, 15) is 13.2 Å². The van der Waals surface area contributed by atoms with E-state index in [0.29, 0.717) is 37.7 Å². The second-order valence-corrected chi connectivity index (χ2v) is 7.60. The molecule has 9 nitrogen and oxygen atoms in total. The summed E-state index contributed by atoms with van der Waals surface area (Å²) >= 11 is 0. The first kappa shape index (κ1) is 18.4. The number of benzene rings is 1. The van der Waals surface area contributed by atoms with Gasteiger partial charge >= 0.3 is 0 Å². The van der Waals surface area contributed by atoms with E-state index >= 15 is 0 Å². The van der Waals surface area contributed by atoms with Crippen LogP contribution in [-0.4, -0.2) is 56.7 Å². The molecule has 1 N–H and O–H groups in total. The van der Waals surface area contributed by atoms with E-state index in [1.165, 1.54) is 28.6 Å². The Morgan fingerprint density at radius 3 is 2.58 bits per heavy atom. The molecular formula is C16H19N3O6S. The first-order valence-electron chi connectivity index (χ1n) is 7.99. The van der Waals surface area contributed by atoms with E-state index in [0.717, 1.165) is 0 Å². The molecule has 0 aliphatic carbocycles. The minimum Gasteiger partial charge on any atom is -0.484 e. The number of hydrogen-bond acceptors (Lipinski definition) is 7. The van der Waals surface area contributed by atoms with Crippen LogP contribution in [0.2, 0.25) is 0 Å². The van der Waals surface area contributed by atoms with Crippen LogP contribution >= 0.6 is 0 Å². The van der Waals surface area contributed by atoms with E-state index in [1.54, 1.807) is 13.0 Å². The smallest absolute Gasteiger partial charge is 0.264 e. The summed E-state index contributed by atoms with van der Waals surface area (Å²) in [6.45, 7) is 2.95. The largest absolute Gasteiger partial charge is 0.484 e. The highest BCUT2D eigenvalue weighted by Crippen LogP contribution is 2.20. The van der Waals surface area contributed by atoms with Crippen LogP contribution in [0.3, 0.4) is 0 Å². The van der Waals surface area contributed by atoms with Gasteiger partial charge in [-0.2, -0.15) is 4.31 Å². The number of rotatable bonds is 6. The van der Waals surface area contributed by atoms with Crippen molar-refractivity contribution in [1.29, 1.82) is 0 Å². The number of aromatic nitrogens is 1. The number of anilines is 1. The minimum atomic E-state index is -3.55. The SMILES string of the molecule is Cc1cc(NC(=O)COc2ccc(S(=O)(=O)N3CCOCC3)cc2)on1. The molecule has 1 saturated heterocycles. The van der Waals surface area contributed by atoms with Crippen LogP contribution in [0.1, 0.15) is 5.69 Å². The molecule has 1 aliphatic heterocycles. The van der Waals surface area contributed by atoms with Crippen LogP contribution in [0.4, 0.5) is 5.88 Å². The zero-order chi connectivity index (χ0) is 18.6. The minimum absolute atomic E-state index is 0.174. The number of nitrogens with one attached hydrogen (secondary N) is 1. The zero-order valence-electron chi connectivity index (χ0n) is 14.2. The van der Waals surface area contributed by atoms with E-state index in [4.69, 9.17) is 14.0 Å². The van der Waals surface area contributed by atoms with Crippen molar-refractivity contribution in [3.63, 3.8) is 0 Å². The van der Waals surface area contributed by atoms with Gasteiger partial charge in [-0.05, 0) is 31.2 Å². The Bertz CT molecular complexity index is 856. The molecule has 140 valence electrons. The Kier molecular flexibility index (Phi) is 5.55. The lowest BCUT2D eigenvalue weighted by Gasteiger charge is -2.26. The third kappa shape index (κ3) is 4.40. The summed E-state index contributed by atoms with van der Waals surface area (Å²) in [5, 5.41) is 6.16. The van der Waals surface area contributed by atoms with E-state index in [-0.39, 0.29) is 17.4 Å². The molecule has 2 aromatic rings. The Morgan fingerprint density at radius 2 is 1.96 bits per heavy atom. The van der Waals surface area contributed by atoms with Crippen molar-refractivity contribution in [2.75, 3.05) is 38.2 Å². The van der Waals surface area contributed by atoms with Crippen molar-refractivity contribution in [2.45, 2.75) is 11.8 Å². The quantitative estimate of drug-likeness (QED) is 0.795. The predicted octanol–water partition coefficient (Wildman–Crippen LogP) is 1.02. The van der Waals surface area contributed by atoms with Gasteiger partial charge in [0.25, 0.3) is 5.91 Å². The summed E-state index contributed by atoms with van der Waals surface area (Å²) in [4.78, 5) is 12.0. The third-order valence-electron chi connectivity index (χ3n) is 3.69. The maximum absolute atomic E-state index is 12.5. The molecule has 3 rings (SSSR count). The second kappa shape index (κ2) is 7.85. The molecule has 0 bridgehead atoms. The Labute approximate surface area is 150 Å². The Balaban J connectivity index is 1.56. The number of morpholine rings is 1. The predicted molar refractivity (Wildman–Crippen MR) is 91.4 cm³/mol.